The van der Waals surface area contributed by atoms with Crippen molar-refractivity contribution < 1.29 is 66.0 Å². The summed E-state index contributed by atoms with van der Waals surface area (Å²) < 4.78 is 56.0. The molecule has 0 aliphatic rings. The second kappa shape index (κ2) is 30.9. The lowest BCUT2D eigenvalue weighted by atomic mass is 10.2. The van der Waals surface area contributed by atoms with E-state index in [2.05, 4.69) is 25.0 Å². The van der Waals surface area contributed by atoms with Crippen LogP contribution in [-0.4, -0.2) is 125 Å². The molecule has 0 radical (unpaired) electrons. The molecule has 0 rings (SSSR count). The van der Waals surface area contributed by atoms with Crippen LogP contribution in [0.3, 0.4) is 0 Å². The van der Waals surface area contributed by atoms with Gasteiger partial charge in [-0.15, -0.1) is 0 Å². The van der Waals surface area contributed by atoms with Crippen molar-refractivity contribution in [2.45, 2.75) is 52.1 Å². The number of phosphoric ester groups is 1. The number of carbonyl (C=O) groups excluding carboxylic acids is 3. The van der Waals surface area contributed by atoms with Crippen molar-refractivity contribution in [3.63, 3.8) is 0 Å². The number of phosphoric acid groups is 1. The number of ether oxygens (including phenoxy) is 7. The summed E-state index contributed by atoms with van der Waals surface area (Å²) >= 11 is 0. The van der Waals surface area contributed by atoms with Crippen LogP contribution in [0.2, 0.25) is 0 Å². The van der Waals surface area contributed by atoms with Gasteiger partial charge >= 0.3 is 12.2 Å². The van der Waals surface area contributed by atoms with Crippen molar-refractivity contribution in [2.75, 3.05) is 101 Å². The number of methoxy groups -OCH3 is 2. The molecule has 18 heteroatoms. The van der Waals surface area contributed by atoms with E-state index >= 15 is 0 Å². The summed E-state index contributed by atoms with van der Waals surface area (Å²) in [6.07, 6.45) is 1.24. The van der Waals surface area contributed by atoms with Gasteiger partial charge in [0.25, 0.3) is 7.82 Å². The van der Waals surface area contributed by atoms with Gasteiger partial charge < -0.3 is 57.7 Å². The van der Waals surface area contributed by atoms with Crippen LogP contribution in [0.4, 0.5) is 9.59 Å². The van der Waals surface area contributed by atoms with E-state index in [1.54, 1.807) is 7.11 Å². The van der Waals surface area contributed by atoms with E-state index in [1.165, 1.54) is 7.11 Å². The fourth-order valence-corrected chi connectivity index (χ4v) is 3.44. The summed E-state index contributed by atoms with van der Waals surface area (Å²) in [5, 5.41) is 7.76. The summed E-state index contributed by atoms with van der Waals surface area (Å²) in [6, 6.07) is 0. The molecule has 2 unspecified atom stereocenters. The Morgan fingerprint density at radius 1 is 0.705 bits per heavy atom. The highest BCUT2D eigenvalue weighted by molar-refractivity contribution is 7.45. The predicted octanol–water partition coefficient (Wildman–Crippen LogP) is 1.33. The standard InChI is InChI=1S/C25H50N3O14P.CH4/c1-34-15-17-37-14-11-27-24(30)40-19-22(20-41-25(31)28-21-38-18-16-35-2)39-12-8-9-23(29)26-10-6-4-5-7-13-42-43(32,33)36-3;/h22H,4-21H2,1-3H3,(H,26,29)(H,27,30)(H,28,31)(H,32,33);1H4/p-1. The summed E-state index contributed by atoms with van der Waals surface area (Å²) in [7, 11) is -0.0506. The molecule has 0 heterocycles. The van der Waals surface area contributed by atoms with Gasteiger partial charge in [-0.05, 0) is 19.3 Å². The van der Waals surface area contributed by atoms with Crippen LogP contribution in [0.15, 0.2) is 0 Å². The first-order chi connectivity index (χ1) is 20.7. The number of hydrogen-bond acceptors (Lipinski definition) is 14. The molecule has 0 aliphatic heterocycles. The van der Waals surface area contributed by atoms with E-state index in [4.69, 9.17) is 33.2 Å². The number of alkyl carbamates (subject to hydrolysis) is 2. The molecule has 0 fully saturated rings. The lowest BCUT2D eigenvalue weighted by molar-refractivity contribution is -0.223. The third-order valence-electron chi connectivity index (χ3n) is 5.27. The molecular formula is C26H53N3O14P-. The Bertz CT molecular complexity index is 765. The van der Waals surface area contributed by atoms with Gasteiger partial charge in [0.2, 0.25) is 5.91 Å². The van der Waals surface area contributed by atoms with Gasteiger partial charge in [-0.25, -0.2) is 9.59 Å². The van der Waals surface area contributed by atoms with Crippen LogP contribution in [0, 0.1) is 0 Å². The van der Waals surface area contributed by atoms with Crippen LogP contribution < -0.4 is 20.8 Å². The van der Waals surface area contributed by atoms with Gasteiger partial charge in [-0.2, -0.15) is 0 Å². The first kappa shape index (κ1) is 44.0. The van der Waals surface area contributed by atoms with Gasteiger partial charge in [0.05, 0.1) is 39.6 Å². The summed E-state index contributed by atoms with van der Waals surface area (Å²) in [4.78, 5) is 47.0. The van der Waals surface area contributed by atoms with E-state index in [9.17, 15) is 23.8 Å². The van der Waals surface area contributed by atoms with Gasteiger partial charge in [-0.1, -0.05) is 20.3 Å². The number of unbranched alkanes of at least 4 members (excludes halogenated alkanes) is 3. The van der Waals surface area contributed by atoms with E-state index in [-0.39, 0.29) is 66.1 Å². The quantitative estimate of drug-likeness (QED) is 0.0586. The van der Waals surface area contributed by atoms with Crippen LogP contribution in [-0.2, 0) is 51.6 Å². The first-order valence-corrected chi connectivity index (χ1v) is 15.5. The van der Waals surface area contributed by atoms with Crippen molar-refractivity contribution in [1.82, 2.24) is 16.0 Å². The van der Waals surface area contributed by atoms with Crippen LogP contribution >= 0.6 is 7.82 Å². The van der Waals surface area contributed by atoms with E-state index in [0.717, 1.165) is 26.4 Å². The zero-order valence-electron chi connectivity index (χ0n) is 25.5. The maximum absolute atomic E-state index is 12.1. The van der Waals surface area contributed by atoms with Gasteiger partial charge in [0.1, 0.15) is 26.0 Å². The van der Waals surface area contributed by atoms with E-state index in [1.807, 2.05) is 0 Å². The molecule has 0 spiro atoms. The molecule has 0 saturated carbocycles. The number of carbonyl (C=O) groups is 3. The fourth-order valence-electron chi connectivity index (χ4n) is 2.99. The molecule has 17 nitrogen and oxygen atoms in total. The zero-order chi connectivity index (χ0) is 32.0. The smallest absolute Gasteiger partial charge is 0.409 e. The maximum atomic E-state index is 12.1. The van der Waals surface area contributed by atoms with E-state index < -0.39 is 26.1 Å². The third kappa shape index (κ3) is 30.0. The summed E-state index contributed by atoms with van der Waals surface area (Å²) in [5.74, 6) is -0.150. The first-order valence-electron chi connectivity index (χ1n) is 14.1. The van der Waals surface area contributed by atoms with Crippen molar-refractivity contribution in [1.29, 1.82) is 0 Å². The highest BCUT2D eigenvalue weighted by Crippen LogP contribution is 2.36. The Morgan fingerprint density at radius 3 is 2.00 bits per heavy atom. The fraction of sp³-hybridized carbons (Fsp3) is 0.885. The van der Waals surface area contributed by atoms with Gasteiger partial charge in [0.15, 0.2) is 0 Å². The van der Waals surface area contributed by atoms with Crippen LogP contribution in [0.5, 0.6) is 0 Å². The predicted molar refractivity (Wildman–Crippen MR) is 157 cm³/mol. The summed E-state index contributed by atoms with van der Waals surface area (Å²) in [5.41, 5.74) is 0. The number of rotatable bonds is 29. The molecule has 3 amide bonds. The Hall–Kier alpha value is -2.08. The average molecular weight is 663 g/mol. The molecular weight excluding hydrogens is 609 g/mol. The van der Waals surface area contributed by atoms with Crippen molar-refractivity contribution in [2.24, 2.45) is 0 Å². The van der Waals surface area contributed by atoms with Crippen LogP contribution in [0.25, 0.3) is 0 Å². The molecule has 0 aromatic carbocycles. The second-order valence-corrected chi connectivity index (χ2v) is 10.3. The average Bonchev–Trinajstić information content (AvgIpc) is 2.99. The number of hydrogen-bond donors (Lipinski definition) is 3. The Morgan fingerprint density at radius 2 is 1.34 bits per heavy atom. The van der Waals surface area contributed by atoms with Crippen molar-refractivity contribution in [3.8, 4) is 0 Å². The third-order valence-corrected chi connectivity index (χ3v) is 6.21. The normalized spacial score (nSPS) is 12.8. The molecule has 0 saturated heterocycles. The minimum absolute atomic E-state index is 0. The topological polar surface area (TPSA) is 210 Å². The number of nitrogens with one attached hydrogen (secondary N) is 3. The summed E-state index contributed by atoms with van der Waals surface area (Å²) in [6.45, 7) is 2.29. The van der Waals surface area contributed by atoms with E-state index in [0.29, 0.717) is 45.8 Å². The van der Waals surface area contributed by atoms with Crippen LogP contribution in [0.1, 0.15) is 46.0 Å². The lowest BCUT2D eigenvalue weighted by Crippen LogP contribution is -2.35. The van der Waals surface area contributed by atoms with Gasteiger partial charge in [-0.3, -0.25) is 14.7 Å². The molecule has 0 bridgehead atoms. The Kier molecular flexibility index (Phi) is 31.0. The minimum Gasteiger partial charge on any atom is -0.756 e. The van der Waals surface area contributed by atoms with Crippen molar-refractivity contribution >= 4 is 25.9 Å². The maximum Gasteiger partial charge on any atom is 0.409 e. The molecule has 262 valence electrons. The lowest BCUT2D eigenvalue weighted by Gasteiger charge is -2.19. The minimum atomic E-state index is -4.18. The molecule has 0 aromatic rings. The number of amides is 3. The second-order valence-electron chi connectivity index (χ2n) is 8.77. The highest BCUT2D eigenvalue weighted by atomic mass is 31.2. The molecule has 0 aliphatic carbocycles. The highest BCUT2D eigenvalue weighted by Gasteiger charge is 2.16. The molecule has 44 heavy (non-hydrogen) atoms. The largest absolute Gasteiger partial charge is 0.756 e. The zero-order valence-corrected chi connectivity index (χ0v) is 26.4. The monoisotopic (exact) mass is 662 g/mol. The molecule has 0 aromatic heterocycles. The van der Waals surface area contributed by atoms with Crippen molar-refractivity contribution in [3.05, 3.63) is 0 Å². The Balaban J connectivity index is 0. The van der Waals surface area contributed by atoms with Gasteiger partial charge in [0, 0.05) is 47.4 Å². The molecule has 3 N–H and O–H groups in total. The SMILES string of the molecule is C.COCCOCCNC(=O)OCC(COC(=O)NCOCCOC)OCCCC(=O)NCCCCCCOP(=O)([O-])OC. The molecule has 2 atom stereocenters. The Labute approximate surface area is 260 Å².